The predicted octanol–water partition coefficient (Wildman–Crippen LogP) is 5.77. The first-order chi connectivity index (χ1) is 13.4. The Morgan fingerprint density at radius 3 is 2.57 bits per heavy atom. The van der Waals surface area contributed by atoms with Gasteiger partial charge in [-0.1, -0.05) is 36.7 Å². The molecule has 1 fully saturated rings. The maximum atomic E-state index is 12.7. The largest absolute Gasteiger partial charge is 0.493 e. The molecule has 0 saturated carbocycles. The number of anilines is 1. The minimum Gasteiger partial charge on any atom is -0.493 e. The Morgan fingerprint density at radius 2 is 1.93 bits per heavy atom. The van der Waals surface area contributed by atoms with Crippen LogP contribution in [0.5, 0.6) is 11.5 Å². The first-order valence-corrected chi connectivity index (χ1v) is 10.0. The van der Waals surface area contributed by atoms with Gasteiger partial charge in [0, 0.05) is 0 Å². The molecule has 0 aliphatic carbocycles. The maximum Gasteiger partial charge on any atom is 0.298 e. The second-order valence-corrected chi connectivity index (χ2v) is 7.62. The molecule has 1 heterocycles. The topological polar surface area (TPSA) is 55.8 Å². The number of carbonyl (C=O) groups is 2. The molecule has 1 atom stereocenters. The molecule has 7 heteroatoms. The lowest BCUT2D eigenvalue weighted by Crippen LogP contribution is -2.27. The smallest absolute Gasteiger partial charge is 0.298 e. The molecule has 0 N–H and O–H groups in total. The minimum atomic E-state index is -0.365. The first kappa shape index (κ1) is 20.3. The fraction of sp³-hybridized carbons (Fsp3) is 0.238. The molecule has 1 aliphatic heterocycles. The van der Waals surface area contributed by atoms with Crippen LogP contribution in [0.1, 0.15) is 25.8 Å². The average molecular weight is 418 g/mol. The average Bonchev–Trinajstić information content (AvgIpc) is 2.97. The Hall–Kier alpha value is -2.44. The van der Waals surface area contributed by atoms with Gasteiger partial charge in [-0.15, -0.1) is 0 Å². The van der Waals surface area contributed by atoms with Gasteiger partial charge >= 0.3 is 0 Å². The van der Waals surface area contributed by atoms with Crippen LogP contribution >= 0.6 is 23.4 Å². The fourth-order valence-corrected chi connectivity index (χ4v) is 3.75. The number of hydrogen-bond acceptors (Lipinski definition) is 5. The van der Waals surface area contributed by atoms with E-state index < -0.39 is 0 Å². The number of rotatable bonds is 6. The van der Waals surface area contributed by atoms with Gasteiger partial charge in [0.1, 0.15) is 0 Å². The summed E-state index contributed by atoms with van der Waals surface area (Å²) >= 11 is 7.28. The van der Waals surface area contributed by atoms with E-state index in [4.69, 9.17) is 21.1 Å². The van der Waals surface area contributed by atoms with Gasteiger partial charge in [-0.2, -0.15) is 0 Å². The van der Waals surface area contributed by atoms with Gasteiger partial charge in [-0.05, 0) is 61.0 Å². The summed E-state index contributed by atoms with van der Waals surface area (Å²) in [6, 6.07) is 12.3. The van der Waals surface area contributed by atoms with Crippen LogP contribution < -0.4 is 14.4 Å². The molecular formula is C21H20ClNO4S. The van der Waals surface area contributed by atoms with Crippen LogP contribution in [0.2, 0.25) is 5.02 Å². The molecule has 0 bridgehead atoms. The highest BCUT2D eigenvalue weighted by Crippen LogP contribution is 2.40. The maximum absolute atomic E-state index is 12.7. The van der Waals surface area contributed by atoms with E-state index in [2.05, 4.69) is 0 Å². The number of carbonyl (C=O) groups excluding carboxylic acids is 2. The van der Waals surface area contributed by atoms with Gasteiger partial charge in [-0.25, -0.2) is 4.90 Å². The molecule has 1 saturated heterocycles. The third-order valence-electron chi connectivity index (χ3n) is 4.25. The van der Waals surface area contributed by atoms with Gasteiger partial charge in [-0.3, -0.25) is 9.59 Å². The lowest BCUT2D eigenvalue weighted by atomic mass is 10.1. The summed E-state index contributed by atoms with van der Waals surface area (Å²) in [5.74, 6) is 0.575. The molecule has 0 aromatic heterocycles. The van der Waals surface area contributed by atoms with E-state index in [-0.39, 0.29) is 17.3 Å². The molecule has 0 unspecified atom stereocenters. The minimum absolute atomic E-state index is 0.0142. The zero-order valence-electron chi connectivity index (χ0n) is 15.8. The van der Waals surface area contributed by atoms with Crippen molar-refractivity contribution in [2.24, 2.45) is 0 Å². The number of amides is 2. The van der Waals surface area contributed by atoms with Crippen molar-refractivity contribution in [3.05, 3.63) is 58.0 Å². The number of ether oxygens (including phenoxy) is 2. The molecule has 3 rings (SSSR count). The SMILES string of the molecule is CC[C@@H](C)Oc1c(Cl)cc(/C=C2/SC(=O)N(c3ccccc3)C2=O)cc1OC. The molecule has 0 radical (unpaired) electrons. The third kappa shape index (κ3) is 4.18. The normalized spacial score (nSPS) is 16.6. The molecule has 0 spiro atoms. The fourth-order valence-electron chi connectivity index (χ4n) is 2.64. The zero-order chi connectivity index (χ0) is 20.3. The van der Waals surface area contributed by atoms with Crippen LogP contribution in [0.4, 0.5) is 10.5 Å². The second kappa shape index (κ2) is 8.71. The Morgan fingerprint density at radius 1 is 1.21 bits per heavy atom. The van der Waals surface area contributed by atoms with Gasteiger partial charge < -0.3 is 9.47 Å². The molecular weight excluding hydrogens is 398 g/mol. The van der Waals surface area contributed by atoms with E-state index in [1.165, 1.54) is 7.11 Å². The van der Waals surface area contributed by atoms with E-state index in [9.17, 15) is 9.59 Å². The van der Waals surface area contributed by atoms with Gasteiger partial charge in [0.15, 0.2) is 11.5 Å². The lowest BCUT2D eigenvalue weighted by molar-refractivity contribution is -0.113. The summed E-state index contributed by atoms with van der Waals surface area (Å²) in [4.78, 5) is 26.6. The molecule has 1 aliphatic rings. The number of thioether (sulfide) groups is 1. The summed E-state index contributed by atoms with van der Waals surface area (Å²) in [6.45, 7) is 3.96. The van der Waals surface area contributed by atoms with Crippen LogP contribution in [0, 0.1) is 0 Å². The predicted molar refractivity (Wildman–Crippen MR) is 113 cm³/mol. The highest BCUT2D eigenvalue weighted by Gasteiger charge is 2.36. The Balaban J connectivity index is 1.92. The first-order valence-electron chi connectivity index (χ1n) is 8.81. The summed E-state index contributed by atoms with van der Waals surface area (Å²) < 4.78 is 11.2. The summed E-state index contributed by atoms with van der Waals surface area (Å²) in [5, 5.41) is 0.0467. The van der Waals surface area contributed by atoms with Crippen LogP contribution in [-0.4, -0.2) is 24.4 Å². The van der Waals surface area contributed by atoms with Crippen LogP contribution in [0.3, 0.4) is 0 Å². The Labute approximate surface area is 173 Å². The quantitative estimate of drug-likeness (QED) is 0.558. The third-order valence-corrected chi connectivity index (χ3v) is 5.40. The second-order valence-electron chi connectivity index (χ2n) is 6.22. The zero-order valence-corrected chi connectivity index (χ0v) is 17.3. The molecule has 2 aromatic carbocycles. The van der Waals surface area contributed by atoms with Crippen molar-refractivity contribution in [2.45, 2.75) is 26.4 Å². The van der Waals surface area contributed by atoms with Gasteiger partial charge in [0.2, 0.25) is 0 Å². The Bertz CT molecular complexity index is 930. The van der Waals surface area contributed by atoms with Crippen LogP contribution in [0.15, 0.2) is 47.4 Å². The van der Waals surface area contributed by atoms with E-state index in [1.54, 1.807) is 42.5 Å². The lowest BCUT2D eigenvalue weighted by Gasteiger charge is -2.17. The number of hydrogen-bond donors (Lipinski definition) is 0. The van der Waals surface area contributed by atoms with Crippen molar-refractivity contribution in [2.75, 3.05) is 12.0 Å². The molecule has 146 valence electrons. The van der Waals surface area contributed by atoms with E-state index in [0.29, 0.717) is 32.7 Å². The van der Waals surface area contributed by atoms with Crippen molar-refractivity contribution in [1.29, 1.82) is 0 Å². The number of benzene rings is 2. The number of imide groups is 1. The standard InChI is InChI=1S/C21H20ClNO4S/c1-4-13(2)27-19-16(22)10-14(11-17(19)26-3)12-18-20(24)23(21(25)28-18)15-8-6-5-7-9-15/h5-13H,4H2,1-3H3/b18-12+/t13-/m1/s1. The van der Waals surface area contributed by atoms with E-state index >= 15 is 0 Å². The summed E-state index contributed by atoms with van der Waals surface area (Å²) in [7, 11) is 1.53. The van der Waals surface area contributed by atoms with Crippen molar-refractivity contribution in [3.63, 3.8) is 0 Å². The highest BCUT2D eigenvalue weighted by atomic mass is 35.5. The molecule has 28 heavy (non-hydrogen) atoms. The molecule has 5 nitrogen and oxygen atoms in total. The van der Waals surface area contributed by atoms with E-state index in [0.717, 1.165) is 23.1 Å². The number of nitrogens with zero attached hydrogens (tertiary/aromatic N) is 1. The Kier molecular flexibility index (Phi) is 6.31. The monoisotopic (exact) mass is 417 g/mol. The number of methoxy groups -OCH3 is 1. The molecule has 2 aromatic rings. The van der Waals surface area contributed by atoms with Crippen LogP contribution in [0.25, 0.3) is 6.08 Å². The van der Waals surface area contributed by atoms with Crippen LogP contribution in [-0.2, 0) is 4.79 Å². The van der Waals surface area contributed by atoms with E-state index in [1.807, 2.05) is 19.9 Å². The van der Waals surface area contributed by atoms with Crippen molar-refractivity contribution in [1.82, 2.24) is 0 Å². The highest BCUT2D eigenvalue weighted by molar-refractivity contribution is 8.19. The van der Waals surface area contributed by atoms with Crippen molar-refractivity contribution < 1.29 is 19.1 Å². The van der Waals surface area contributed by atoms with Gasteiger partial charge in [0.25, 0.3) is 11.1 Å². The number of para-hydroxylation sites is 1. The summed E-state index contributed by atoms with van der Waals surface area (Å²) in [5.41, 5.74) is 1.19. The van der Waals surface area contributed by atoms with Crippen molar-refractivity contribution in [3.8, 4) is 11.5 Å². The summed E-state index contributed by atoms with van der Waals surface area (Å²) in [6.07, 6.45) is 2.45. The number of halogens is 1. The van der Waals surface area contributed by atoms with Gasteiger partial charge in [0.05, 0.1) is 28.8 Å². The van der Waals surface area contributed by atoms with Crippen molar-refractivity contribution >= 4 is 46.3 Å². The molecule has 2 amide bonds.